The van der Waals surface area contributed by atoms with Crippen LogP contribution >= 0.6 is 0 Å². The number of rotatable bonds is 7. The summed E-state index contributed by atoms with van der Waals surface area (Å²) in [5.41, 5.74) is 2.38. The Hall–Kier alpha value is -2.55. The molecule has 0 aliphatic heterocycles. The van der Waals surface area contributed by atoms with Crippen LogP contribution < -0.4 is 4.74 Å². The van der Waals surface area contributed by atoms with E-state index in [0.29, 0.717) is 18.1 Å². The van der Waals surface area contributed by atoms with Crippen LogP contribution in [0.1, 0.15) is 58.1 Å². The minimum absolute atomic E-state index is 0.0766. The summed E-state index contributed by atoms with van der Waals surface area (Å²) in [6, 6.07) is 18.0. The molecular formula is C27H34O3. The van der Waals surface area contributed by atoms with Crippen molar-refractivity contribution in [1.29, 1.82) is 0 Å². The van der Waals surface area contributed by atoms with Crippen molar-refractivity contribution in [3.05, 3.63) is 72.3 Å². The molecule has 1 aliphatic rings. The molecule has 0 saturated heterocycles. The van der Waals surface area contributed by atoms with Gasteiger partial charge < -0.3 is 9.47 Å². The summed E-state index contributed by atoms with van der Waals surface area (Å²) >= 11 is 0. The van der Waals surface area contributed by atoms with Gasteiger partial charge in [0.25, 0.3) is 0 Å². The normalized spacial score (nSPS) is 21.7. The molecule has 0 N–H and O–H groups in total. The predicted molar refractivity (Wildman–Crippen MR) is 122 cm³/mol. The van der Waals surface area contributed by atoms with Crippen LogP contribution in [0.2, 0.25) is 0 Å². The molecule has 2 aromatic carbocycles. The molecule has 0 radical (unpaired) electrons. The molecule has 0 spiro atoms. The summed E-state index contributed by atoms with van der Waals surface area (Å²) in [5.74, 6) is 1.28. The molecule has 1 saturated carbocycles. The van der Waals surface area contributed by atoms with E-state index in [1.165, 1.54) is 5.56 Å². The highest BCUT2D eigenvalue weighted by Crippen LogP contribution is 2.44. The van der Waals surface area contributed by atoms with Gasteiger partial charge in [-0.25, -0.2) is 4.79 Å². The van der Waals surface area contributed by atoms with Crippen molar-refractivity contribution in [2.24, 2.45) is 11.8 Å². The van der Waals surface area contributed by atoms with Gasteiger partial charge >= 0.3 is 5.97 Å². The lowest BCUT2D eigenvalue weighted by atomic mass is 9.64. The van der Waals surface area contributed by atoms with Crippen molar-refractivity contribution < 1.29 is 14.3 Å². The Labute approximate surface area is 181 Å². The van der Waals surface area contributed by atoms with Crippen LogP contribution in [-0.4, -0.2) is 18.7 Å². The molecule has 30 heavy (non-hydrogen) atoms. The number of benzene rings is 2. The zero-order valence-electron chi connectivity index (χ0n) is 18.7. The van der Waals surface area contributed by atoms with Gasteiger partial charge in [-0.2, -0.15) is 0 Å². The lowest BCUT2D eigenvalue weighted by Gasteiger charge is -2.44. The molecule has 0 heterocycles. The van der Waals surface area contributed by atoms with Crippen LogP contribution in [0, 0.1) is 11.8 Å². The first kappa shape index (κ1) is 22.1. The molecule has 3 atom stereocenters. The first-order chi connectivity index (χ1) is 14.3. The van der Waals surface area contributed by atoms with Gasteiger partial charge in [-0.3, -0.25) is 0 Å². The molecular weight excluding hydrogens is 372 g/mol. The Morgan fingerprint density at radius 2 is 1.73 bits per heavy atom. The topological polar surface area (TPSA) is 35.5 Å². The lowest BCUT2D eigenvalue weighted by Crippen LogP contribution is -2.43. The van der Waals surface area contributed by atoms with Gasteiger partial charge in [0.05, 0.1) is 12.2 Å². The fourth-order valence-corrected chi connectivity index (χ4v) is 4.61. The standard InChI is InChI=1S/C27H34O3/c1-6-29-23-15-13-21(14-16-23)20(3)26(28)30-25-18-19(2)12-17-24(25)27(4,5)22-10-8-7-9-11-22/h7-11,13-16,19,24-25H,3,6,12,17-18H2,1-2,4-5H3/t19-,24-,25-/m1/s1. The third-order valence-electron chi connectivity index (χ3n) is 6.52. The first-order valence-corrected chi connectivity index (χ1v) is 11.0. The minimum Gasteiger partial charge on any atom is -0.494 e. The molecule has 1 fully saturated rings. The van der Waals surface area contributed by atoms with E-state index in [-0.39, 0.29) is 23.4 Å². The fourth-order valence-electron chi connectivity index (χ4n) is 4.61. The average molecular weight is 407 g/mol. The van der Waals surface area contributed by atoms with Crippen LogP contribution in [0.3, 0.4) is 0 Å². The zero-order chi connectivity index (χ0) is 21.7. The van der Waals surface area contributed by atoms with Crippen molar-refractivity contribution in [2.45, 2.75) is 58.5 Å². The van der Waals surface area contributed by atoms with Gasteiger partial charge in [0.1, 0.15) is 11.9 Å². The number of carbonyl (C=O) groups excluding carboxylic acids is 1. The van der Waals surface area contributed by atoms with E-state index >= 15 is 0 Å². The second kappa shape index (κ2) is 9.51. The zero-order valence-corrected chi connectivity index (χ0v) is 18.7. The Kier molecular flexibility index (Phi) is 7.02. The van der Waals surface area contributed by atoms with E-state index in [1.807, 2.05) is 37.3 Å². The number of hydrogen-bond acceptors (Lipinski definition) is 3. The van der Waals surface area contributed by atoms with Gasteiger partial charge in [-0.15, -0.1) is 0 Å². The van der Waals surface area contributed by atoms with Gasteiger partial charge in [0.2, 0.25) is 0 Å². The Morgan fingerprint density at radius 3 is 2.37 bits per heavy atom. The van der Waals surface area contributed by atoms with Gasteiger partial charge in [-0.05, 0) is 54.4 Å². The molecule has 1 aliphatic carbocycles. The van der Waals surface area contributed by atoms with E-state index in [1.54, 1.807) is 0 Å². The molecule has 3 heteroatoms. The third kappa shape index (κ3) is 4.95. The Bertz CT molecular complexity index is 851. The largest absolute Gasteiger partial charge is 0.494 e. The van der Waals surface area contributed by atoms with Gasteiger partial charge in [0.15, 0.2) is 0 Å². The second-order valence-electron chi connectivity index (χ2n) is 8.99. The van der Waals surface area contributed by atoms with Crippen LogP contribution in [0.4, 0.5) is 0 Å². The van der Waals surface area contributed by atoms with Crippen LogP contribution in [0.15, 0.2) is 61.2 Å². The van der Waals surface area contributed by atoms with E-state index in [0.717, 1.165) is 30.6 Å². The van der Waals surface area contributed by atoms with Gasteiger partial charge in [-0.1, -0.05) is 76.2 Å². The maximum absolute atomic E-state index is 13.0. The summed E-state index contributed by atoms with van der Waals surface area (Å²) in [6.45, 7) is 13.4. The summed E-state index contributed by atoms with van der Waals surface area (Å²) < 4.78 is 11.6. The summed E-state index contributed by atoms with van der Waals surface area (Å²) in [6.07, 6.45) is 2.99. The average Bonchev–Trinajstić information content (AvgIpc) is 2.74. The second-order valence-corrected chi connectivity index (χ2v) is 8.99. The summed E-state index contributed by atoms with van der Waals surface area (Å²) in [4.78, 5) is 13.0. The van der Waals surface area contributed by atoms with E-state index in [4.69, 9.17) is 9.47 Å². The molecule has 0 aromatic heterocycles. The number of carbonyl (C=O) groups is 1. The molecule has 0 unspecified atom stereocenters. The SMILES string of the molecule is C=C(C(=O)O[C@@H]1C[C@H](C)CC[C@H]1C(C)(C)c1ccccc1)c1ccc(OCC)cc1. The fraction of sp³-hybridized carbons (Fsp3) is 0.444. The van der Waals surface area contributed by atoms with Crippen molar-refractivity contribution in [2.75, 3.05) is 6.61 Å². The van der Waals surface area contributed by atoms with Crippen LogP contribution in [-0.2, 0) is 14.9 Å². The summed E-state index contributed by atoms with van der Waals surface area (Å²) in [7, 11) is 0. The molecule has 0 bridgehead atoms. The molecule has 2 aromatic rings. The van der Waals surface area contributed by atoms with Crippen molar-refractivity contribution in [3.8, 4) is 5.75 Å². The number of esters is 1. The highest BCUT2D eigenvalue weighted by molar-refractivity contribution is 6.15. The third-order valence-corrected chi connectivity index (χ3v) is 6.52. The van der Waals surface area contributed by atoms with Crippen LogP contribution in [0.5, 0.6) is 5.75 Å². The number of ether oxygens (including phenoxy) is 2. The van der Waals surface area contributed by atoms with E-state index < -0.39 is 0 Å². The molecule has 3 nitrogen and oxygen atoms in total. The molecule has 160 valence electrons. The van der Waals surface area contributed by atoms with E-state index in [9.17, 15) is 4.79 Å². The maximum atomic E-state index is 13.0. The van der Waals surface area contributed by atoms with E-state index in [2.05, 4.69) is 51.6 Å². The Balaban J connectivity index is 1.76. The highest BCUT2D eigenvalue weighted by Gasteiger charge is 2.42. The molecule has 0 amide bonds. The van der Waals surface area contributed by atoms with Gasteiger partial charge in [0, 0.05) is 5.92 Å². The van der Waals surface area contributed by atoms with Crippen molar-refractivity contribution in [3.63, 3.8) is 0 Å². The summed E-state index contributed by atoms with van der Waals surface area (Å²) in [5, 5.41) is 0. The first-order valence-electron chi connectivity index (χ1n) is 11.0. The van der Waals surface area contributed by atoms with Crippen LogP contribution in [0.25, 0.3) is 5.57 Å². The molecule has 3 rings (SSSR count). The Morgan fingerprint density at radius 1 is 1.07 bits per heavy atom. The maximum Gasteiger partial charge on any atom is 0.338 e. The predicted octanol–water partition coefficient (Wildman–Crippen LogP) is 6.42. The lowest BCUT2D eigenvalue weighted by molar-refractivity contribution is -0.149. The quantitative estimate of drug-likeness (QED) is 0.393. The van der Waals surface area contributed by atoms with Crippen molar-refractivity contribution >= 4 is 11.5 Å². The number of hydrogen-bond donors (Lipinski definition) is 0. The smallest absolute Gasteiger partial charge is 0.338 e. The highest BCUT2D eigenvalue weighted by atomic mass is 16.5. The minimum atomic E-state index is -0.327. The van der Waals surface area contributed by atoms with Crippen molar-refractivity contribution in [1.82, 2.24) is 0 Å². The monoisotopic (exact) mass is 406 g/mol.